The molecule has 0 radical (unpaired) electrons. The number of nitrogens with zero attached hydrogens (tertiary/aromatic N) is 2. The molecule has 0 aromatic carbocycles. The van der Waals surface area contributed by atoms with Crippen LogP contribution in [-0.2, 0) is 7.05 Å². The molecule has 17 heavy (non-hydrogen) atoms. The number of amides is 1. The van der Waals surface area contributed by atoms with E-state index in [9.17, 15) is 4.79 Å². The molecule has 1 aromatic rings. The molecule has 2 N–H and O–H groups in total. The van der Waals surface area contributed by atoms with Gasteiger partial charge in [0.15, 0.2) is 0 Å². The molecular formula is C12H18N4O. The summed E-state index contributed by atoms with van der Waals surface area (Å²) in [6.45, 7) is 0. The van der Waals surface area contributed by atoms with Gasteiger partial charge in [0.2, 0.25) is 0 Å². The highest BCUT2D eigenvalue weighted by molar-refractivity contribution is 5.93. The zero-order valence-corrected chi connectivity index (χ0v) is 10.0. The first-order valence-corrected chi connectivity index (χ1v) is 6.26. The largest absolute Gasteiger partial charge is 0.349 e. The van der Waals surface area contributed by atoms with Crippen LogP contribution in [0.25, 0.3) is 0 Å². The molecule has 1 aromatic heterocycles. The minimum absolute atomic E-state index is 0.00407. The molecule has 3 rings (SSSR count). The zero-order valence-electron chi connectivity index (χ0n) is 10.0. The molecule has 2 saturated heterocycles. The fourth-order valence-corrected chi connectivity index (χ4v) is 2.98. The second-order valence-electron chi connectivity index (χ2n) is 5.18. The SMILES string of the molecule is Cn1cc(C(=O)NC2CC3CCC(C2)N3)cn1. The van der Waals surface area contributed by atoms with Crippen LogP contribution in [0.1, 0.15) is 36.0 Å². The number of aryl methyl sites for hydroxylation is 1. The lowest BCUT2D eigenvalue weighted by Gasteiger charge is -2.29. The van der Waals surface area contributed by atoms with Crippen molar-refractivity contribution in [1.29, 1.82) is 0 Å². The number of piperidine rings is 1. The first-order valence-electron chi connectivity index (χ1n) is 6.26. The number of nitrogens with one attached hydrogen (secondary N) is 2. The van der Waals surface area contributed by atoms with Crippen LogP contribution in [0.15, 0.2) is 12.4 Å². The van der Waals surface area contributed by atoms with E-state index in [1.165, 1.54) is 12.8 Å². The maximum Gasteiger partial charge on any atom is 0.254 e. The summed E-state index contributed by atoms with van der Waals surface area (Å²) in [6.07, 6.45) is 7.99. The third kappa shape index (κ3) is 2.20. The van der Waals surface area contributed by atoms with E-state index < -0.39 is 0 Å². The summed E-state index contributed by atoms with van der Waals surface area (Å²) in [6, 6.07) is 1.53. The van der Waals surface area contributed by atoms with Crippen LogP contribution in [0, 0.1) is 0 Å². The lowest BCUT2D eigenvalue weighted by Crippen LogP contribution is -2.47. The van der Waals surface area contributed by atoms with E-state index in [0.29, 0.717) is 23.7 Å². The van der Waals surface area contributed by atoms with Gasteiger partial charge in [0.05, 0.1) is 11.8 Å². The Morgan fingerprint density at radius 1 is 1.47 bits per heavy atom. The van der Waals surface area contributed by atoms with Crippen molar-refractivity contribution in [3.05, 3.63) is 18.0 Å². The molecule has 0 spiro atoms. The normalized spacial score (nSPS) is 31.5. The average molecular weight is 234 g/mol. The summed E-state index contributed by atoms with van der Waals surface area (Å²) in [7, 11) is 1.82. The summed E-state index contributed by atoms with van der Waals surface area (Å²) in [5, 5.41) is 10.7. The summed E-state index contributed by atoms with van der Waals surface area (Å²) in [5.41, 5.74) is 0.651. The monoisotopic (exact) mass is 234 g/mol. The van der Waals surface area contributed by atoms with Crippen molar-refractivity contribution in [3.63, 3.8) is 0 Å². The second-order valence-corrected chi connectivity index (χ2v) is 5.18. The molecule has 3 heterocycles. The highest BCUT2D eigenvalue weighted by Crippen LogP contribution is 2.26. The second kappa shape index (κ2) is 4.14. The Bertz CT molecular complexity index is 416. The van der Waals surface area contributed by atoms with Gasteiger partial charge in [0, 0.05) is 31.4 Å². The molecular weight excluding hydrogens is 216 g/mol. The van der Waals surface area contributed by atoms with Gasteiger partial charge in [-0.25, -0.2) is 0 Å². The first kappa shape index (κ1) is 10.8. The molecule has 2 fully saturated rings. The van der Waals surface area contributed by atoms with Crippen molar-refractivity contribution in [2.45, 2.75) is 43.8 Å². The van der Waals surface area contributed by atoms with Crippen LogP contribution in [-0.4, -0.2) is 33.8 Å². The molecule has 2 aliphatic heterocycles. The van der Waals surface area contributed by atoms with Gasteiger partial charge in [-0.1, -0.05) is 0 Å². The van der Waals surface area contributed by atoms with Crippen LogP contribution in [0.3, 0.4) is 0 Å². The lowest BCUT2D eigenvalue weighted by molar-refractivity contribution is 0.0924. The van der Waals surface area contributed by atoms with Crippen LogP contribution >= 0.6 is 0 Å². The minimum Gasteiger partial charge on any atom is -0.349 e. The highest BCUT2D eigenvalue weighted by atomic mass is 16.1. The first-order chi connectivity index (χ1) is 8.20. The van der Waals surface area contributed by atoms with Crippen molar-refractivity contribution in [3.8, 4) is 0 Å². The predicted molar refractivity (Wildman–Crippen MR) is 63.6 cm³/mol. The van der Waals surface area contributed by atoms with Gasteiger partial charge in [-0.3, -0.25) is 9.48 Å². The molecule has 2 unspecified atom stereocenters. The summed E-state index contributed by atoms with van der Waals surface area (Å²) < 4.78 is 1.65. The predicted octanol–water partition coefficient (Wildman–Crippen LogP) is 0.433. The van der Waals surface area contributed by atoms with Crippen LogP contribution < -0.4 is 10.6 Å². The standard InChI is InChI=1S/C12H18N4O/c1-16-7-8(6-13-16)12(17)15-11-4-9-2-3-10(5-11)14-9/h6-7,9-11,14H,2-5H2,1H3,(H,15,17). The summed E-state index contributed by atoms with van der Waals surface area (Å²) in [4.78, 5) is 12.0. The fourth-order valence-electron chi connectivity index (χ4n) is 2.98. The van der Waals surface area contributed by atoms with E-state index in [0.717, 1.165) is 12.8 Å². The molecule has 2 atom stereocenters. The quantitative estimate of drug-likeness (QED) is 0.780. The Labute approximate surface area is 101 Å². The number of rotatable bonds is 2. The number of hydrogen-bond donors (Lipinski definition) is 2. The van der Waals surface area contributed by atoms with E-state index in [1.807, 2.05) is 7.05 Å². The third-order valence-corrected chi connectivity index (χ3v) is 3.78. The Morgan fingerprint density at radius 2 is 2.18 bits per heavy atom. The third-order valence-electron chi connectivity index (χ3n) is 3.78. The van der Waals surface area contributed by atoms with Gasteiger partial charge in [0.25, 0.3) is 5.91 Å². The van der Waals surface area contributed by atoms with Gasteiger partial charge >= 0.3 is 0 Å². The smallest absolute Gasteiger partial charge is 0.254 e. The lowest BCUT2D eigenvalue weighted by atomic mass is 9.99. The Kier molecular flexibility index (Phi) is 2.63. The molecule has 5 heteroatoms. The number of hydrogen-bond acceptors (Lipinski definition) is 3. The van der Waals surface area contributed by atoms with Gasteiger partial charge < -0.3 is 10.6 Å². The van der Waals surface area contributed by atoms with E-state index >= 15 is 0 Å². The van der Waals surface area contributed by atoms with Crippen LogP contribution in [0.5, 0.6) is 0 Å². The van der Waals surface area contributed by atoms with E-state index in [-0.39, 0.29) is 5.91 Å². The van der Waals surface area contributed by atoms with Crippen molar-refractivity contribution in [2.24, 2.45) is 7.05 Å². The highest BCUT2D eigenvalue weighted by Gasteiger charge is 2.34. The molecule has 2 bridgehead atoms. The molecule has 2 aliphatic rings. The molecule has 0 saturated carbocycles. The summed E-state index contributed by atoms with van der Waals surface area (Å²) >= 11 is 0. The van der Waals surface area contributed by atoms with Crippen molar-refractivity contribution in [2.75, 3.05) is 0 Å². The van der Waals surface area contributed by atoms with Gasteiger partial charge in [0.1, 0.15) is 0 Å². The zero-order chi connectivity index (χ0) is 11.8. The maximum absolute atomic E-state index is 12.0. The molecule has 0 aliphatic carbocycles. The van der Waals surface area contributed by atoms with E-state index in [1.54, 1.807) is 17.1 Å². The molecule has 92 valence electrons. The summed E-state index contributed by atoms with van der Waals surface area (Å²) in [5.74, 6) is 0.00407. The van der Waals surface area contributed by atoms with Gasteiger partial charge in [-0.15, -0.1) is 0 Å². The van der Waals surface area contributed by atoms with Gasteiger partial charge in [-0.2, -0.15) is 5.10 Å². The number of aromatic nitrogens is 2. The minimum atomic E-state index is 0.00407. The number of fused-ring (bicyclic) bond motifs is 2. The number of carbonyl (C=O) groups excluding carboxylic acids is 1. The topological polar surface area (TPSA) is 59.0 Å². The Morgan fingerprint density at radius 3 is 2.76 bits per heavy atom. The van der Waals surface area contributed by atoms with Crippen molar-refractivity contribution in [1.82, 2.24) is 20.4 Å². The average Bonchev–Trinajstić information content (AvgIpc) is 2.85. The van der Waals surface area contributed by atoms with Crippen molar-refractivity contribution < 1.29 is 4.79 Å². The Hall–Kier alpha value is -1.36. The Balaban J connectivity index is 1.62. The van der Waals surface area contributed by atoms with Crippen LogP contribution in [0.4, 0.5) is 0 Å². The van der Waals surface area contributed by atoms with E-state index in [4.69, 9.17) is 0 Å². The fraction of sp³-hybridized carbons (Fsp3) is 0.667. The van der Waals surface area contributed by atoms with Gasteiger partial charge in [-0.05, 0) is 25.7 Å². The molecule has 5 nitrogen and oxygen atoms in total. The number of carbonyl (C=O) groups is 1. The van der Waals surface area contributed by atoms with Crippen LogP contribution in [0.2, 0.25) is 0 Å². The molecule has 1 amide bonds. The van der Waals surface area contributed by atoms with Crippen molar-refractivity contribution >= 4 is 5.91 Å². The maximum atomic E-state index is 12.0. The van der Waals surface area contributed by atoms with E-state index in [2.05, 4.69) is 15.7 Å².